The molecule has 23 heavy (non-hydrogen) atoms. The van der Waals surface area contributed by atoms with E-state index in [-0.39, 0.29) is 5.91 Å². The van der Waals surface area contributed by atoms with Crippen LogP contribution in [0.1, 0.15) is 17.0 Å². The van der Waals surface area contributed by atoms with Gasteiger partial charge in [-0.1, -0.05) is 23.9 Å². The van der Waals surface area contributed by atoms with Crippen LogP contribution in [-0.2, 0) is 4.79 Å². The molecule has 6 heteroatoms. The van der Waals surface area contributed by atoms with Gasteiger partial charge in [-0.3, -0.25) is 9.47 Å². The number of aromatic nitrogens is 1. The summed E-state index contributed by atoms with van der Waals surface area (Å²) >= 11 is 6.72. The molecule has 1 aliphatic rings. The lowest BCUT2D eigenvalue weighted by Crippen LogP contribution is -2.39. The molecular formula is C17H16N2O2S2. The van der Waals surface area contributed by atoms with E-state index in [4.69, 9.17) is 17.0 Å². The summed E-state index contributed by atoms with van der Waals surface area (Å²) in [6, 6.07) is 11.5. The zero-order valence-electron chi connectivity index (χ0n) is 13.1. The summed E-state index contributed by atoms with van der Waals surface area (Å²) in [5.74, 6) is 0.650. The highest BCUT2D eigenvalue weighted by molar-refractivity contribution is 8.27. The van der Waals surface area contributed by atoms with Gasteiger partial charge in [0.1, 0.15) is 5.75 Å². The van der Waals surface area contributed by atoms with Crippen molar-refractivity contribution in [3.63, 3.8) is 0 Å². The number of rotatable bonds is 3. The van der Waals surface area contributed by atoms with Crippen LogP contribution in [-0.4, -0.2) is 22.0 Å². The highest BCUT2D eigenvalue weighted by atomic mass is 32.2. The smallest absolute Gasteiger partial charge is 0.285 e. The molecule has 0 unspecified atom stereocenters. The Morgan fingerprint density at radius 3 is 2.52 bits per heavy atom. The molecule has 0 aliphatic carbocycles. The van der Waals surface area contributed by atoms with E-state index in [1.54, 1.807) is 12.1 Å². The molecule has 2 aromatic rings. The second-order valence-electron chi connectivity index (χ2n) is 5.20. The molecule has 1 amide bonds. The molecule has 0 bridgehead atoms. The Balaban J connectivity index is 1.96. The number of hydrogen-bond donors (Lipinski definition) is 0. The van der Waals surface area contributed by atoms with Crippen molar-refractivity contribution >= 4 is 40.3 Å². The third-order valence-electron chi connectivity index (χ3n) is 3.60. The Morgan fingerprint density at radius 1 is 1.17 bits per heavy atom. The molecule has 1 aliphatic heterocycles. The monoisotopic (exact) mass is 344 g/mol. The topological polar surface area (TPSA) is 34.5 Å². The van der Waals surface area contributed by atoms with Gasteiger partial charge in [-0.05, 0) is 62.0 Å². The van der Waals surface area contributed by atoms with Crippen molar-refractivity contribution in [3.05, 3.63) is 58.3 Å². The lowest BCUT2D eigenvalue weighted by Gasteiger charge is -2.20. The van der Waals surface area contributed by atoms with Gasteiger partial charge < -0.3 is 4.74 Å². The Labute approximate surface area is 144 Å². The first-order valence-electron chi connectivity index (χ1n) is 7.08. The summed E-state index contributed by atoms with van der Waals surface area (Å²) in [4.78, 5) is 13.4. The van der Waals surface area contributed by atoms with E-state index in [1.807, 2.05) is 61.0 Å². The lowest BCUT2D eigenvalue weighted by atomic mass is 10.2. The molecule has 0 N–H and O–H groups in total. The molecule has 2 heterocycles. The SMILES string of the molecule is COc1cccc(/C=C2/SC(=S)N(n3c(C)ccc3C)C2=O)c1. The molecule has 1 aromatic carbocycles. The van der Waals surface area contributed by atoms with Crippen molar-refractivity contribution < 1.29 is 9.53 Å². The lowest BCUT2D eigenvalue weighted by molar-refractivity contribution is -0.114. The zero-order valence-corrected chi connectivity index (χ0v) is 14.7. The standard InChI is InChI=1S/C17H16N2O2S2/c1-11-7-8-12(2)18(11)19-16(20)15(23-17(19)22)10-13-5-4-6-14(9-13)21-3/h4-10H,1-3H3/b15-10+. The minimum absolute atomic E-state index is 0.106. The fourth-order valence-electron chi connectivity index (χ4n) is 2.49. The summed E-state index contributed by atoms with van der Waals surface area (Å²) in [6.07, 6.45) is 1.84. The third kappa shape index (κ3) is 2.92. The summed E-state index contributed by atoms with van der Waals surface area (Å²) < 4.78 is 7.60. The van der Waals surface area contributed by atoms with E-state index < -0.39 is 0 Å². The van der Waals surface area contributed by atoms with Gasteiger partial charge in [-0.25, -0.2) is 0 Å². The van der Waals surface area contributed by atoms with Crippen LogP contribution in [0.25, 0.3) is 6.08 Å². The summed E-state index contributed by atoms with van der Waals surface area (Å²) in [6.45, 7) is 3.91. The van der Waals surface area contributed by atoms with Crippen LogP contribution in [0.15, 0.2) is 41.3 Å². The molecule has 0 atom stereocenters. The maximum atomic E-state index is 12.8. The van der Waals surface area contributed by atoms with Gasteiger partial charge in [0.2, 0.25) is 0 Å². The third-order valence-corrected chi connectivity index (χ3v) is 4.88. The maximum Gasteiger partial charge on any atom is 0.285 e. The van der Waals surface area contributed by atoms with Crippen molar-refractivity contribution in [2.45, 2.75) is 13.8 Å². The molecule has 0 saturated carbocycles. The first kappa shape index (κ1) is 15.8. The second-order valence-corrected chi connectivity index (χ2v) is 6.87. The maximum absolute atomic E-state index is 12.8. The average Bonchev–Trinajstić information content (AvgIpc) is 2.99. The number of amides is 1. The van der Waals surface area contributed by atoms with Gasteiger partial charge in [0.15, 0.2) is 4.32 Å². The normalized spacial score (nSPS) is 16.5. The predicted octanol–water partition coefficient (Wildman–Crippen LogP) is 3.65. The Kier molecular flexibility index (Phi) is 4.28. The predicted molar refractivity (Wildman–Crippen MR) is 98.3 cm³/mol. The minimum atomic E-state index is -0.106. The minimum Gasteiger partial charge on any atom is -0.497 e. The number of methoxy groups -OCH3 is 1. The number of benzene rings is 1. The molecule has 0 spiro atoms. The largest absolute Gasteiger partial charge is 0.497 e. The Bertz CT molecular complexity index is 804. The van der Waals surface area contributed by atoms with Gasteiger partial charge in [0.05, 0.1) is 12.0 Å². The van der Waals surface area contributed by atoms with Crippen LogP contribution >= 0.6 is 24.0 Å². The van der Waals surface area contributed by atoms with E-state index in [0.29, 0.717) is 9.23 Å². The number of hydrogen-bond acceptors (Lipinski definition) is 4. The van der Waals surface area contributed by atoms with Crippen molar-refractivity contribution in [3.8, 4) is 5.75 Å². The second kappa shape index (κ2) is 6.22. The first-order valence-corrected chi connectivity index (χ1v) is 8.31. The van der Waals surface area contributed by atoms with Crippen LogP contribution in [0.4, 0.5) is 0 Å². The quantitative estimate of drug-likeness (QED) is 0.629. The van der Waals surface area contributed by atoms with Crippen LogP contribution in [0.5, 0.6) is 5.75 Å². The molecule has 118 valence electrons. The number of aryl methyl sites for hydroxylation is 2. The van der Waals surface area contributed by atoms with Crippen LogP contribution in [0.3, 0.4) is 0 Å². The van der Waals surface area contributed by atoms with E-state index in [2.05, 4.69) is 0 Å². The number of thiocarbonyl (C=S) groups is 1. The van der Waals surface area contributed by atoms with Crippen molar-refractivity contribution in [2.75, 3.05) is 12.1 Å². The fourth-order valence-corrected chi connectivity index (χ4v) is 3.73. The van der Waals surface area contributed by atoms with Crippen molar-refractivity contribution in [1.29, 1.82) is 0 Å². The molecule has 0 radical (unpaired) electrons. The fraction of sp³-hybridized carbons (Fsp3) is 0.176. The van der Waals surface area contributed by atoms with E-state index >= 15 is 0 Å². The highest BCUT2D eigenvalue weighted by Gasteiger charge is 2.34. The summed E-state index contributed by atoms with van der Waals surface area (Å²) in [7, 11) is 1.62. The molecule has 1 fully saturated rings. The van der Waals surface area contributed by atoms with Crippen molar-refractivity contribution in [2.24, 2.45) is 0 Å². The summed E-state index contributed by atoms with van der Waals surface area (Å²) in [5.41, 5.74) is 2.86. The number of carbonyl (C=O) groups excluding carboxylic acids is 1. The van der Waals surface area contributed by atoms with Gasteiger partial charge in [-0.2, -0.15) is 5.01 Å². The molecular weight excluding hydrogens is 328 g/mol. The highest BCUT2D eigenvalue weighted by Crippen LogP contribution is 2.33. The van der Waals surface area contributed by atoms with E-state index in [1.165, 1.54) is 11.8 Å². The van der Waals surface area contributed by atoms with E-state index in [9.17, 15) is 4.79 Å². The van der Waals surface area contributed by atoms with Crippen LogP contribution in [0, 0.1) is 13.8 Å². The first-order chi connectivity index (χ1) is 11.0. The molecule has 1 saturated heterocycles. The molecule has 4 nitrogen and oxygen atoms in total. The molecule has 3 rings (SSSR count). The van der Waals surface area contributed by atoms with Gasteiger partial charge >= 0.3 is 0 Å². The van der Waals surface area contributed by atoms with Crippen molar-refractivity contribution in [1.82, 2.24) is 4.68 Å². The van der Waals surface area contributed by atoms with Crippen LogP contribution < -0.4 is 9.75 Å². The Hall–Kier alpha value is -2.05. The summed E-state index contributed by atoms with van der Waals surface area (Å²) in [5, 5.41) is 1.55. The number of thioether (sulfide) groups is 1. The van der Waals surface area contributed by atoms with Gasteiger partial charge in [0.25, 0.3) is 5.91 Å². The number of carbonyl (C=O) groups is 1. The zero-order chi connectivity index (χ0) is 16.6. The average molecular weight is 344 g/mol. The van der Waals surface area contributed by atoms with Crippen LogP contribution in [0.2, 0.25) is 0 Å². The van der Waals surface area contributed by atoms with E-state index in [0.717, 1.165) is 22.7 Å². The number of nitrogens with zero attached hydrogens (tertiary/aromatic N) is 2. The Morgan fingerprint density at radius 2 is 1.87 bits per heavy atom. The number of ether oxygens (including phenoxy) is 1. The molecule has 1 aromatic heterocycles. The van der Waals surface area contributed by atoms with Gasteiger partial charge in [0, 0.05) is 11.4 Å². The van der Waals surface area contributed by atoms with Gasteiger partial charge in [-0.15, -0.1) is 0 Å².